The maximum Gasteiger partial charge on any atom is 0.335 e. The highest BCUT2D eigenvalue weighted by molar-refractivity contribution is 6.09. The number of carboxylic acid groups (broad SMARTS) is 1. The molecule has 3 rings (SSSR count). The molecule has 0 spiro atoms. The van der Waals surface area contributed by atoms with E-state index in [4.69, 9.17) is 14.3 Å². The van der Waals surface area contributed by atoms with Gasteiger partial charge in [0.15, 0.2) is 0 Å². The minimum atomic E-state index is -1.04. The molecule has 7 nitrogen and oxygen atoms in total. The lowest BCUT2D eigenvalue weighted by Crippen LogP contribution is -2.13. The molecule has 0 saturated carbocycles. The number of nitriles is 1. The lowest BCUT2D eigenvalue weighted by Gasteiger charge is -2.07. The number of anilines is 1. The van der Waals surface area contributed by atoms with Gasteiger partial charge in [0, 0.05) is 23.4 Å². The van der Waals surface area contributed by atoms with E-state index >= 15 is 0 Å². The van der Waals surface area contributed by atoms with Crippen LogP contribution in [0.1, 0.15) is 23.0 Å². The Morgan fingerprint density at radius 1 is 1.17 bits per heavy atom. The molecule has 0 bridgehead atoms. The third-order valence-electron chi connectivity index (χ3n) is 4.08. The highest BCUT2D eigenvalue weighted by Crippen LogP contribution is 2.25. The Hall–Kier alpha value is -4.31. The highest BCUT2D eigenvalue weighted by Gasteiger charge is 2.13. The molecule has 0 radical (unpaired) electrons. The van der Waals surface area contributed by atoms with Crippen LogP contribution in [0.4, 0.5) is 5.69 Å². The van der Waals surface area contributed by atoms with Gasteiger partial charge in [-0.05, 0) is 43.3 Å². The van der Waals surface area contributed by atoms with E-state index < -0.39 is 11.9 Å². The summed E-state index contributed by atoms with van der Waals surface area (Å²) in [5.41, 5.74) is 1.06. The van der Waals surface area contributed by atoms with Crippen molar-refractivity contribution < 1.29 is 23.8 Å². The lowest BCUT2D eigenvalue weighted by atomic mass is 10.1. The second-order valence-electron chi connectivity index (χ2n) is 6.17. The van der Waals surface area contributed by atoms with Crippen molar-refractivity contribution in [3.05, 3.63) is 77.6 Å². The second kappa shape index (κ2) is 9.26. The Kier molecular flexibility index (Phi) is 6.30. The number of amides is 1. The van der Waals surface area contributed by atoms with Gasteiger partial charge in [0.1, 0.15) is 28.9 Å². The normalized spacial score (nSPS) is 10.9. The number of benzene rings is 2. The molecule has 1 aromatic heterocycles. The number of nitrogens with one attached hydrogen (secondary N) is 1. The van der Waals surface area contributed by atoms with Crippen LogP contribution in [0, 0.1) is 11.3 Å². The predicted molar refractivity (Wildman–Crippen MR) is 111 cm³/mol. The van der Waals surface area contributed by atoms with Gasteiger partial charge in [-0.1, -0.05) is 18.2 Å². The first-order valence-electron chi connectivity index (χ1n) is 9.09. The number of rotatable bonds is 7. The molecular formula is C23H18N2O5. The zero-order valence-electron chi connectivity index (χ0n) is 16.1. The largest absolute Gasteiger partial charge is 0.494 e. The summed E-state index contributed by atoms with van der Waals surface area (Å²) in [6.45, 7) is 2.36. The van der Waals surface area contributed by atoms with Crippen molar-refractivity contribution >= 4 is 23.6 Å². The molecule has 0 saturated heterocycles. The van der Waals surface area contributed by atoms with Gasteiger partial charge in [0.05, 0.1) is 12.2 Å². The number of aromatic carboxylic acids is 1. The third-order valence-corrected chi connectivity index (χ3v) is 4.08. The van der Waals surface area contributed by atoms with E-state index in [-0.39, 0.29) is 11.1 Å². The summed E-state index contributed by atoms with van der Waals surface area (Å²) in [5.74, 6) is -0.304. The van der Waals surface area contributed by atoms with Gasteiger partial charge in [0.25, 0.3) is 5.91 Å². The maximum absolute atomic E-state index is 12.5. The van der Waals surface area contributed by atoms with Gasteiger partial charge >= 0.3 is 5.97 Å². The van der Waals surface area contributed by atoms with Crippen molar-refractivity contribution in [1.29, 1.82) is 5.26 Å². The van der Waals surface area contributed by atoms with E-state index in [1.54, 1.807) is 48.5 Å². The number of hydrogen-bond acceptors (Lipinski definition) is 5. The zero-order valence-corrected chi connectivity index (χ0v) is 16.1. The van der Waals surface area contributed by atoms with Crippen LogP contribution < -0.4 is 10.1 Å². The first kappa shape index (κ1) is 20.4. The van der Waals surface area contributed by atoms with Crippen molar-refractivity contribution in [3.8, 4) is 23.1 Å². The van der Waals surface area contributed by atoms with Gasteiger partial charge in [-0.2, -0.15) is 5.26 Å². The Labute approximate surface area is 172 Å². The molecule has 0 atom stereocenters. The van der Waals surface area contributed by atoms with Crippen LogP contribution in [-0.4, -0.2) is 23.6 Å². The smallest absolute Gasteiger partial charge is 0.335 e. The Balaban J connectivity index is 1.79. The topological polar surface area (TPSA) is 113 Å². The molecule has 0 unspecified atom stereocenters. The van der Waals surface area contributed by atoms with Crippen LogP contribution in [-0.2, 0) is 4.79 Å². The van der Waals surface area contributed by atoms with E-state index in [0.717, 1.165) is 0 Å². The quantitative estimate of drug-likeness (QED) is 0.441. The van der Waals surface area contributed by atoms with Crippen LogP contribution >= 0.6 is 0 Å². The van der Waals surface area contributed by atoms with Gasteiger partial charge in [-0.25, -0.2) is 4.79 Å². The standard InChI is InChI=1S/C23H18N2O5/c1-2-29-19-8-4-7-18(13-19)25-22(26)17(14-24)12-20-9-10-21(30-20)15-5-3-6-16(11-15)23(27)28/h3-13H,2H2,1H3,(H,25,26)(H,27,28). The van der Waals surface area contributed by atoms with E-state index in [9.17, 15) is 14.9 Å². The molecule has 0 aliphatic heterocycles. The van der Waals surface area contributed by atoms with Gasteiger partial charge in [0.2, 0.25) is 0 Å². The first-order chi connectivity index (χ1) is 14.5. The summed E-state index contributed by atoms with van der Waals surface area (Å²) in [7, 11) is 0. The van der Waals surface area contributed by atoms with Gasteiger partial charge in [-0.15, -0.1) is 0 Å². The van der Waals surface area contributed by atoms with E-state index in [1.165, 1.54) is 18.2 Å². The van der Waals surface area contributed by atoms with Crippen LogP contribution in [0.2, 0.25) is 0 Å². The summed E-state index contributed by atoms with van der Waals surface area (Å²) >= 11 is 0. The van der Waals surface area contributed by atoms with E-state index in [1.807, 2.05) is 13.0 Å². The minimum Gasteiger partial charge on any atom is -0.494 e. The monoisotopic (exact) mass is 402 g/mol. The average Bonchev–Trinajstić information content (AvgIpc) is 3.21. The molecule has 2 N–H and O–H groups in total. The Morgan fingerprint density at radius 3 is 2.70 bits per heavy atom. The van der Waals surface area contributed by atoms with Crippen LogP contribution in [0.3, 0.4) is 0 Å². The van der Waals surface area contributed by atoms with Crippen LogP contribution in [0.25, 0.3) is 17.4 Å². The van der Waals surface area contributed by atoms with Crippen molar-refractivity contribution in [2.24, 2.45) is 0 Å². The molecule has 2 aromatic carbocycles. The highest BCUT2D eigenvalue weighted by atomic mass is 16.5. The third kappa shape index (κ3) is 4.94. The summed E-state index contributed by atoms with van der Waals surface area (Å²) in [5, 5.41) is 21.2. The number of carboxylic acids is 1. The maximum atomic E-state index is 12.5. The number of hydrogen-bond donors (Lipinski definition) is 2. The summed E-state index contributed by atoms with van der Waals surface area (Å²) < 4.78 is 11.1. The number of carbonyl (C=O) groups excluding carboxylic acids is 1. The molecule has 3 aromatic rings. The number of furan rings is 1. The van der Waals surface area contributed by atoms with Crippen molar-refractivity contribution in [3.63, 3.8) is 0 Å². The number of nitrogens with zero attached hydrogens (tertiary/aromatic N) is 1. The Bertz CT molecular complexity index is 1150. The SMILES string of the molecule is CCOc1cccc(NC(=O)C(C#N)=Cc2ccc(-c3cccc(C(=O)O)c3)o2)c1. The molecule has 1 heterocycles. The molecule has 150 valence electrons. The fraction of sp³-hybridized carbons (Fsp3) is 0.0870. The van der Waals surface area contributed by atoms with Crippen molar-refractivity contribution in [2.45, 2.75) is 6.92 Å². The fourth-order valence-electron chi connectivity index (χ4n) is 2.71. The molecule has 0 aliphatic carbocycles. The fourth-order valence-corrected chi connectivity index (χ4v) is 2.71. The lowest BCUT2D eigenvalue weighted by molar-refractivity contribution is -0.112. The van der Waals surface area contributed by atoms with Crippen molar-refractivity contribution in [1.82, 2.24) is 0 Å². The first-order valence-corrected chi connectivity index (χ1v) is 9.09. The van der Waals surface area contributed by atoms with Crippen LogP contribution in [0.5, 0.6) is 5.75 Å². The molecule has 0 aliphatic rings. The molecule has 7 heteroatoms. The zero-order chi connectivity index (χ0) is 21.5. The summed E-state index contributed by atoms with van der Waals surface area (Å²) in [6.07, 6.45) is 1.33. The van der Waals surface area contributed by atoms with Crippen molar-refractivity contribution in [2.75, 3.05) is 11.9 Å². The number of carbonyl (C=O) groups is 2. The summed E-state index contributed by atoms with van der Waals surface area (Å²) in [4.78, 5) is 23.6. The van der Waals surface area contributed by atoms with E-state index in [0.29, 0.717) is 35.1 Å². The van der Waals surface area contributed by atoms with Crippen LogP contribution in [0.15, 0.2) is 70.7 Å². The average molecular weight is 402 g/mol. The second-order valence-corrected chi connectivity index (χ2v) is 6.17. The van der Waals surface area contributed by atoms with Gasteiger partial charge in [-0.3, -0.25) is 4.79 Å². The Morgan fingerprint density at radius 2 is 1.97 bits per heavy atom. The molecule has 0 fully saturated rings. The molecule has 1 amide bonds. The minimum absolute atomic E-state index is 0.132. The van der Waals surface area contributed by atoms with Gasteiger partial charge < -0.3 is 19.6 Å². The van der Waals surface area contributed by atoms with E-state index in [2.05, 4.69) is 5.32 Å². The summed E-state index contributed by atoms with van der Waals surface area (Å²) in [6, 6.07) is 18.3. The molecular weight excluding hydrogens is 384 g/mol. The predicted octanol–water partition coefficient (Wildman–Crippen LogP) is 4.59. The molecule has 30 heavy (non-hydrogen) atoms. The number of ether oxygens (including phenoxy) is 1.